The summed E-state index contributed by atoms with van der Waals surface area (Å²) in [4.78, 5) is 11.6. The minimum atomic E-state index is -3.81. The predicted molar refractivity (Wildman–Crippen MR) is 106 cm³/mol. The molecule has 0 heterocycles. The lowest BCUT2D eigenvalue weighted by atomic mass is 10.3. The number of methoxy groups -OCH3 is 2. The standard InChI is InChI=1S/C18H21ClN2O6S/c1-25-10-9-20-18(22)12-27-14-4-6-15(7-5-14)28(23,24)21-13-3-8-17(26-2)16(19)11-13/h3-8,11,21H,9-10,12H2,1-2H3,(H,20,22). The molecule has 10 heteroatoms. The number of sulfonamides is 1. The van der Waals surface area contributed by atoms with Crippen LogP contribution in [0.15, 0.2) is 47.4 Å². The van der Waals surface area contributed by atoms with E-state index in [9.17, 15) is 13.2 Å². The van der Waals surface area contributed by atoms with Crippen molar-refractivity contribution in [1.82, 2.24) is 5.32 Å². The summed E-state index contributed by atoms with van der Waals surface area (Å²) >= 11 is 6.01. The number of hydrogen-bond acceptors (Lipinski definition) is 6. The van der Waals surface area contributed by atoms with E-state index in [-0.39, 0.29) is 22.4 Å². The van der Waals surface area contributed by atoms with Crippen LogP contribution in [0.4, 0.5) is 5.69 Å². The van der Waals surface area contributed by atoms with E-state index in [1.165, 1.54) is 44.6 Å². The number of hydrogen-bond donors (Lipinski definition) is 2. The molecular weight excluding hydrogens is 408 g/mol. The van der Waals surface area contributed by atoms with E-state index < -0.39 is 10.0 Å². The van der Waals surface area contributed by atoms with Gasteiger partial charge in [0.2, 0.25) is 0 Å². The van der Waals surface area contributed by atoms with Gasteiger partial charge in [-0.1, -0.05) is 11.6 Å². The molecule has 2 aromatic carbocycles. The number of amides is 1. The Balaban J connectivity index is 1.97. The zero-order valence-corrected chi connectivity index (χ0v) is 17.0. The van der Waals surface area contributed by atoms with E-state index in [4.69, 9.17) is 25.8 Å². The number of anilines is 1. The molecule has 0 aliphatic carbocycles. The van der Waals surface area contributed by atoms with E-state index in [0.29, 0.717) is 30.3 Å². The van der Waals surface area contributed by atoms with Crippen molar-refractivity contribution in [2.45, 2.75) is 4.90 Å². The average molecular weight is 429 g/mol. The lowest BCUT2D eigenvalue weighted by molar-refractivity contribution is -0.123. The maximum atomic E-state index is 12.5. The second-order valence-electron chi connectivity index (χ2n) is 5.56. The molecule has 28 heavy (non-hydrogen) atoms. The molecule has 0 spiro atoms. The highest BCUT2D eigenvalue weighted by Crippen LogP contribution is 2.28. The Labute approximate surface area is 168 Å². The number of benzene rings is 2. The molecule has 0 unspecified atom stereocenters. The highest BCUT2D eigenvalue weighted by atomic mass is 35.5. The van der Waals surface area contributed by atoms with Crippen molar-refractivity contribution in [2.75, 3.05) is 38.7 Å². The number of nitrogens with one attached hydrogen (secondary N) is 2. The third kappa shape index (κ3) is 6.29. The molecule has 0 radical (unpaired) electrons. The van der Waals surface area contributed by atoms with Crippen molar-refractivity contribution in [1.29, 1.82) is 0 Å². The van der Waals surface area contributed by atoms with Crippen LogP contribution < -0.4 is 19.5 Å². The van der Waals surface area contributed by atoms with E-state index in [2.05, 4.69) is 10.0 Å². The van der Waals surface area contributed by atoms with Gasteiger partial charge in [0.1, 0.15) is 11.5 Å². The molecule has 2 N–H and O–H groups in total. The third-order valence-electron chi connectivity index (χ3n) is 3.54. The fraction of sp³-hybridized carbons (Fsp3) is 0.278. The molecule has 0 saturated heterocycles. The van der Waals surface area contributed by atoms with Crippen LogP contribution in [-0.2, 0) is 19.6 Å². The Bertz CT molecular complexity index is 903. The number of carbonyl (C=O) groups excluding carboxylic acids is 1. The van der Waals surface area contributed by atoms with E-state index in [1.807, 2.05) is 0 Å². The molecule has 0 fully saturated rings. The van der Waals surface area contributed by atoms with Gasteiger partial charge in [0, 0.05) is 13.7 Å². The van der Waals surface area contributed by atoms with Gasteiger partial charge in [-0.15, -0.1) is 0 Å². The van der Waals surface area contributed by atoms with Crippen LogP contribution in [0, 0.1) is 0 Å². The molecule has 1 amide bonds. The molecule has 0 aliphatic heterocycles. The molecule has 152 valence electrons. The summed E-state index contributed by atoms with van der Waals surface area (Å²) in [5.74, 6) is 0.512. The summed E-state index contributed by atoms with van der Waals surface area (Å²) in [5, 5.41) is 2.90. The Morgan fingerprint density at radius 2 is 1.82 bits per heavy atom. The first-order valence-electron chi connectivity index (χ1n) is 8.20. The summed E-state index contributed by atoms with van der Waals surface area (Å²) in [7, 11) is -0.803. The topological polar surface area (TPSA) is 103 Å². The van der Waals surface area contributed by atoms with Crippen molar-refractivity contribution in [3.8, 4) is 11.5 Å². The molecule has 0 aromatic heterocycles. The highest BCUT2D eigenvalue weighted by molar-refractivity contribution is 7.92. The summed E-state index contributed by atoms with van der Waals surface area (Å²) < 4.78 is 42.6. The molecule has 8 nitrogen and oxygen atoms in total. The maximum absolute atomic E-state index is 12.5. The summed E-state index contributed by atoms with van der Waals surface area (Å²) in [6, 6.07) is 10.3. The second-order valence-corrected chi connectivity index (χ2v) is 7.65. The van der Waals surface area contributed by atoms with Gasteiger partial charge in [-0.25, -0.2) is 8.42 Å². The molecule has 0 saturated carbocycles. The Kier molecular flexibility index (Phi) is 7.91. The molecule has 0 atom stereocenters. The number of rotatable bonds is 10. The average Bonchev–Trinajstić information content (AvgIpc) is 2.67. The van der Waals surface area contributed by atoms with Gasteiger partial charge >= 0.3 is 0 Å². The van der Waals surface area contributed by atoms with Crippen LogP contribution in [0.2, 0.25) is 5.02 Å². The van der Waals surface area contributed by atoms with Gasteiger partial charge in [0.15, 0.2) is 6.61 Å². The summed E-state index contributed by atoms with van der Waals surface area (Å²) in [5.41, 5.74) is 0.304. The fourth-order valence-corrected chi connectivity index (χ4v) is 3.46. The van der Waals surface area contributed by atoms with Gasteiger partial charge in [0.05, 0.1) is 29.3 Å². The van der Waals surface area contributed by atoms with Crippen LogP contribution in [0.1, 0.15) is 0 Å². The quantitative estimate of drug-likeness (QED) is 0.563. The Morgan fingerprint density at radius 1 is 1.11 bits per heavy atom. The lowest BCUT2D eigenvalue weighted by Crippen LogP contribution is -2.31. The van der Waals surface area contributed by atoms with Crippen molar-refractivity contribution in [2.24, 2.45) is 0 Å². The lowest BCUT2D eigenvalue weighted by Gasteiger charge is -2.11. The zero-order chi connectivity index (χ0) is 20.6. The first-order chi connectivity index (χ1) is 13.4. The minimum absolute atomic E-state index is 0.0383. The van der Waals surface area contributed by atoms with Crippen molar-refractivity contribution in [3.63, 3.8) is 0 Å². The Hall–Kier alpha value is -2.49. The highest BCUT2D eigenvalue weighted by Gasteiger charge is 2.15. The fourth-order valence-electron chi connectivity index (χ4n) is 2.15. The van der Waals surface area contributed by atoms with Crippen LogP contribution in [-0.4, -0.2) is 48.3 Å². The van der Waals surface area contributed by atoms with E-state index in [0.717, 1.165) is 0 Å². The summed E-state index contributed by atoms with van der Waals surface area (Å²) in [6.07, 6.45) is 0. The van der Waals surface area contributed by atoms with Gasteiger partial charge in [-0.05, 0) is 42.5 Å². The SMILES string of the molecule is COCCNC(=O)COc1ccc(S(=O)(=O)Nc2ccc(OC)c(Cl)c2)cc1. The maximum Gasteiger partial charge on any atom is 0.261 e. The smallest absolute Gasteiger partial charge is 0.261 e. The largest absolute Gasteiger partial charge is 0.495 e. The number of carbonyl (C=O) groups is 1. The van der Waals surface area contributed by atoms with Crippen LogP contribution in [0.3, 0.4) is 0 Å². The van der Waals surface area contributed by atoms with Crippen LogP contribution in [0.5, 0.6) is 11.5 Å². The van der Waals surface area contributed by atoms with Crippen molar-refractivity contribution < 1.29 is 27.4 Å². The van der Waals surface area contributed by atoms with Crippen LogP contribution >= 0.6 is 11.6 Å². The molecule has 0 aliphatic rings. The predicted octanol–water partition coefficient (Wildman–Crippen LogP) is 2.29. The van der Waals surface area contributed by atoms with E-state index in [1.54, 1.807) is 12.1 Å². The van der Waals surface area contributed by atoms with Gasteiger partial charge in [-0.3, -0.25) is 9.52 Å². The van der Waals surface area contributed by atoms with Crippen molar-refractivity contribution in [3.05, 3.63) is 47.5 Å². The number of ether oxygens (including phenoxy) is 3. The summed E-state index contributed by atoms with van der Waals surface area (Å²) in [6.45, 7) is 0.611. The normalized spacial score (nSPS) is 11.0. The first-order valence-corrected chi connectivity index (χ1v) is 10.1. The molecule has 2 rings (SSSR count). The second kappa shape index (κ2) is 10.2. The van der Waals surface area contributed by atoms with Crippen LogP contribution in [0.25, 0.3) is 0 Å². The zero-order valence-electron chi connectivity index (χ0n) is 15.4. The monoisotopic (exact) mass is 428 g/mol. The van der Waals surface area contributed by atoms with Gasteiger partial charge < -0.3 is 19.5 Å². The molecule has 0 bridgehead atoms. The molecule has 2 aromatic rings. The van der Waals surface area contributed by atoms with E-state index >= 15 is 0 Å². The number of halogens is 1. The Morgan fingerprint density at radius 3 is 2.43 bits per heavy atom. The third-order valence-corrected chi connectivity index (χ3v) is 5.23. The van der Waals surface area contributed by atoms with Gasteiger partial charge in [0.25, 0.3) is 15.9 Å². The first kappa shape index (κ1) is 21.8. The minimum Gasteiger partial charge on any atom is -0.495 e. The molecular formula is C18H21ClN2O6S. The van der Waals surface area contributed by atoms with Gasteiger partial charge in [-0.2, -0.15) is 0 Å². The van der Waals surface area contributed by atoms with Crippen molar-refractivity contribution >= 4 is 33.2 Å².